The second-order valence-corrected chi connectivity index (χ2v) is 13.5. The van der Waals surface area contributed by atoms with Crippen LogP contribution < -0.4 is 0 Å². The molecular weight excluding hydrogens is 627 g/mol. The molecule has 0 N–H and O–H groups in total. The van der Waals surface area contributed by atoms with Gasteiger partial charge in [0.25, 0.3) is 0 Å². The third-order valence-corrected chi connectivity index (χ3v) is 10.3. The summed E-state index contributed by atoms with van der Waals surface area (Å²) in [5, 5.41) is 2.11. The Morgan fingerprint density at radius 1 is 0.608 bits per heavy atom. The van der Waals surface area contributed by atoms with Crippen molar-refractivity contribution in [1.29, 1.82) is 0 Å². The van der Waals surface area contributed by atoms with E-state index in [1.165, 1.54) is 16.7 Å². The van der Waals surface area contributed by atoms with Crippen LogP contribution in [0.3, 0.4) is 0 Å². The number of allylic oxidation sites excluding steroid dienone is 2. The molecule has 0 aliphatic heterocycles. The number of rotatable bonds is 5. The van der Waals surface area contributed by atoms with Crippen LogP contribution in [0, 0.1) is 0 Å². The summed E-state index contributed by atoms with van der Waals surface area (Å²) >= 11 is 0. The number of furan rings is 2. The summed E-state index contributed by atoms with van der Waals surface area (Å²) in [6.45, 7) is 2.24. The molecule has 2 aliphatic carbocycles. The predicted molar refractivity (Wildman–Crippen MR) is 204 cm³/mol. The van der Waals surface area contributed by atoms with Crippen LogP contribution in [0.1, 0.15) is 59.2 Å². The summed E-state index contributed by atoms with van der Waals surface area (Å²) in [6, 6.07) is 43.9. The number of benzene rings is 5. The molecule has 10 rings (SSSR count). The number of para-hydroxylation sites is 2. The van der Waals surface area contributed by atoms with Gasteiger partial charge in [0.1, 0.15) is 22.7 Å². The van der Waals surface area contributed by atoms with Gasteiger partial charge in [0, 0.05) is 51.3 Å². The number of nitrogens with zero attached hydrogens (tertiary/aromatic N) is 3. The topological polar surface area (TPSA) is 65.0 Å². The molecular formula is C46H33N3O2. The predicted octanol–water partition coefficient (Wildman–Crippen LogP) is 11.7. The molecule has 5 aromatic carbocycles. The molecule has 0 fully saturated rings. The Balaban J connectivity index is 1.07. The van der Waals surface area contributed by atoms with Crippen molar-refractivity contribution >= 4 is 33.6 Å². The van der Waals surface area contributed by atoms with E-state index in [4.69, 9.17) is 23.8 Å². The van der Waals surface area contributed by atoms with Crippen LogP contribution in [0.2, 0.25) is 0 Å². The second kappa shape index (κ2) is 11.9. The minimum Gasteiger partial charge on any atom is -0.464 e. The molecule has 2 atom stereocenters. The Bertz CT molecular complexity index is 2650. The molecule has 0 radical (unpaired) electrons. The fourth-order valence-electron chi connectivity index (χ4n) is 7.69. The van der Waals surface area contributed by atoms with Crippen molar-refractivity contribution in [3.8, 4) is 33.9 Å². The van der Waals surface area contributed by atoms with Gasteiger partial charge in [-0.15, -0.1) is 0 Å². The number of aromatic nitrogens is 3. The van der Waals surface area contributed by atoms with Crippen molar-refractivity contribution in [2.24, 2.45) is 0 Å². The highest BCUT2D eigenvalue weighted by Crippen LogP contribution is 2.46. The van der Waals surface area contributed by atoms with E-state index in [2.05, 4.69) is 91.9 Å². The van der Waals surface area contributed by atoms with E-state index < -0.39 is 0 Å². The van der Waals surface area contributed by atoms with Gasteiger partial charge in [-0.3, -0.25) is 0 Å². The fourth-order valence-corrected chi connectivity index (χ4v) is 7.69. The molecule has 8 aromatic rings. The van der Waals surface area contributed by atoms with Crippen LogP contribution in [-0.2, 0) is 6.42 Å². The molecule has 0 amide bonds. The Kier molecular flexibility index (Phi) is 6.91. The van der Waals surface area contributed by atoms with Gasteiger partial charge in [-0.05, 0) is 35.2 Å². The first-order valence-corrected chi connectivity index (χ1v) is 17.6. The summed E-state index contributed by atoms with van der Waals surface area (Å²) in [5.74, 6) is 4.33. The van der Waals surface area contributed by atoms with E-state index in [1.807, 2.05) is 60.7 Å². The number of fused-ring (bicyclic) bond motifs is 6. The van der Waals surface area contributed by atoms with Gasteiger partial charge in [0.05, 0.1) is 5.56 Å². The minimum absolute atomic E-state index is 0.232. The van der Waals surface area contributed by atoms with Crippen molar-refractivity contribution in [2.45, 2.75) is 31.6 Å². The van der Waals surface area contributed by atoms with Crippen molar-refractivity contribution in [2.75, 3.05) is 0 Å². The quantitative estimate of drug-likeness (QED) is 0.184. The third kappa shape index (κ3) is 5.04. The van der Waals surface area contributed by atoms with Crippen molar-refractivity contribution in [1.82, 2.24) is 15.0 Å². The molecule has 5 heteroatoms. The summed E-state index contributed by atoms with van der Waals surface area (Å²) in [7, 11) is 0. The maximum atomic E-state index is 6.78. The maximum absolute atomic E-state index is 6.78. The molecule has 0 saturated carbocycles. The van der Waals surface area contributed by atoms with E-state index in [0.29, 0.717) is 17.5 Å². The lowest BCUT2D eigenvalue weighted by atomic mass is 9.83. The molecule has 3 heterocycles. The number of hydrogen-bond donors (Lipinski definition) is 0. The molecule has 0 spiro atoms. The van der Waals surface area contributed by atoms with E-state index in [1.54, 1.807) is 0 Å². The molecule has 3 aromatic heterocycles. The average Bonchev–Trinajstić information content (AvgIpc) is 3.78. The highest BCUT2D eigenvalue weighted by atomic mass is 16.3. The summed E-state index contributed by atoms with van der Waals surface area (Å²) in [6.07, 6.45) is 8.49. The lowest BCUT2D eigenvalue weighted by Crippen LogP contribution is -2.09. The largest absolute Gasteiger partial charge is 0.464 e. The minimum atomic E-state index is 0.232. The average molecular weight is 660 g/mol. The fraction of sp³-hybridized carbons (Fsp3) is 0.109. The Morgan fingerprint density at radius 3 is 2.12 bits per heavy atom. The first kappa shape index (κ1) is 29.6. The third-order valence-electron chi connectivity index (χ3n) is 10.3. The molecule has 51 heavy (non-hydrogen) atoms. The zero-order chi connectivity index (χ0) is 33.9. The lowest BCUT2D eigenvalue weighted by molar-refractivity contribution is 0.430. The summed E-state index contributed by atoms with van der Waals surface area (Å²) < 4.78 is 13.2. The molecule has 244 valence electrons. The first-order valence-electron chi connectivity index (χ1n) is 17.6. The maximum Gasteiger partial charge on any atom is 0.167 e. The summed E-state index contributed by atoms with van der Waals surface area (Å²) in [4.78, 5) is 15.4. The van der Waals surface area contributed by atoms with E-state index in [0.717, 1.165) is 74.1 Å². The van der Waals surface area contributed by atoms with Gasteiger partial charge in [0.2, 0.25) is 0 Å². The molecule has 5 nitrogen and oxygen atoms in total. The second-order valence-electron chi connectivity index (χ2n) is 13.5. The van der Waals surface area contributed by atoms with Gasteiger partial charge < -0.3 is 8.83 Å². The highest BCUT2D eigenvalue weighted by Gasteiger charge is 2.33. The van der Waals surface area contributed by atoms with E-state index in [-0.39, 0.29) is 11.8 Å². The molecule has 2 aliphatic rings. The van der Waals surface area contributed by atoms with Crippen LogP contribution in [0.25, 0.3) is 67.5 Å². The van der Waals surface area contributed by atoms with Crippen LogP contribution >= 0.6 is 0 Å². The first-order chi connectivity index (χ1) is 25.2. The van der Waals surface area contributed by atoms with Crippen LogP contribution in [0.15, 0.2) is 148 Å². The van der Waals surface area contributed by atoms with Crippen molar-refractivity contribution in [3.05, 3.63) is 174 Å². The van der Waals surface area contributed by atoms with Gasteiger partial charge in [-0.1, -0.05) is 140 Å². The molecule has 2 unspecified atom stereocenters. The Hall–Kier alpha value is -6.33. The zero-order valence-electron chi connectivity index (χ0n) is 28.1. The van der Waals surface area contributed by atoms with Gasteiger partial charge in [-0.2, -0.15) is 0 Å². The summed E-state index contributed by atoms with van der Waals surface area (Å²) in [5.41, 5.74) is 10.3. The van der Waals surface area contributed by atoms with Crippen LogP contribution in [0.5, 0.6) is 0 Å². The van der Waals surface area contributed by atoms with Crippen LogP contribution in [0.4, 0.5) is 0 Å². The molecule has 0 bridgehead atoms. The Morgan fingerprint density at radius 2 is 1.29 bits per heavy atom. The smallest absolute Gasteiger partial charge is 0.167 e. The zero-order valence-corrected chi connectivity index (χ0v) is 28.1. The highest BCUT2D eigenvalue weighted by molar-refractivity contribution is 6.09. The normalized spacial score (nSPS) is 16.6. The SMILES string of the molecule is CC1CC=C(c2nc(-c3ccccc3)nc(-c3cccc4c3oc3ccccc34)n2)c2c1oc1c2C=CC(c2ccc(-c3ccccc3)cc2)C1. The Labute approximate surface area is 295 Å². The van der Waals surface area contributed by atoms with Gasteiger partial charge in [0.15, 0.2) is 17.5 Å². The lowest BCUT2D eigenvalue weighted by Gasteiger charge is -2.20. The van der Waals surface area contributed by atoms with E-state index >= 15 is 0 Å². The van der Waals surface area contributed by atoms with Gasteiger partial charge in [-0.25, -0.2) is 15.0 Å². The van der Waals surface area contributed by atoms with Crippen LogP contribution in [-0.4, -0.2) is 15.0 Å². The molecule has 0 saturated heterocycles. The standard InChI is InChI=1S/C46H33N3O2/c1-28-19-25-37(41-36-26-24-33(27-40(36)51-42(28)41)31-22-20-30(21-23-31)29-11-4-2-5-12-29)45-47-44(32-13-6-3-7-14-32)48-46(49-45)38-17-10-16-35-34-15-8-9-18-39(34)50-43(35)38/h2-18,20-26,28,33H,19,27H2,1H3. The van der Waals surface area contributed by atoms with Crippen molar-refractivity contribution < 1.29 is 8.83 Å². The van der Waals surface area contributed by atoms with E-state index in [9.17, 15) is 0 Å². The monoisotopic (exact) mass is 659 g/mol. The van der Waals surface area contributed by atoms with Crippen molar-refractivity contribution in [3.63, 3.8) is 0 Å². The van der Waals surface area contributed by atoms with Gasteiger partial charge >= 0.3 is 0 Å². The number of hydrogen-bond acceptors (Lipinski definition) is 5.